The van der Waals surface area contributed by atoms with Crippen LogP contribution in [0.1, 0.15) is 6.42 Å². The van der Waals surface area contributed by atoms with E-state index in [1.54, 1.807) is 18.2 Å². The Hall–Kier alpha value is -2.28. The zero-order valence-corrected chi connectivity index (χ0v) is 12.0. The molecule has 1 fully saturated rings. The number of nitrogens with zero attached hydrogens (tertiary/aromatic N) is 1. The Balaban J connectivity index is 1.96. The fourth-order valence-electron chi connectivity index (χ4n) is 2.21. The van der Waals surface area contributed by atoms with E-state index < -0.39 is 0 Å². The lowest BCUT2D eigenvalue weighted by Gasteiger charge is -2.18. The average molecular weight is 292 g/mol. The second kappa shape index (κ2) is 6.94. The summed E-state index contributed by atoms with van der Waals surface area (Å²) in [6.07, 6.45) is 0.838. The number of carbonyl (C=O) groups excluding carboxylic acids is 2. The molecule has 0 aromatic heterocycles. The fraction of sp³-hybridized carbons (Fsp3) is 0.429. The van der Waals surface area contributed by atoms with Crippen LogP contribution in [0.2, 0.25) is 0 Å². The van der Waals surface area contributed by atoms with Crippen LogP contribution in [0, 0.1) is 0 Å². The molecule has 1 aromatic rings. The van der Waals surface area contributed by atoms with Gasteiger partial charge >= 0.3 is 0 Å². The highest BCUT2D eigenvalue weighted by atomic mass is 16.5. The number of anilines is 2. The molecule has 0 radical (unpaired) electrons. The molecule has 0 unspecified atom stereocenters. The molecule has 0 bridgehead atoms. The molecule has 114 valence electrons. The number of amides is 2. The average Bonchev–Trinajstić information content (AvgIpc) is 2.64. The van der Waals surface area contributed by atoms with Crippen molar-refractivity contribution < 1.29 is 14.3 Å². The van der Waals surface area contributed by atoms with Crippen LogP contribution in [-0.4, -0.2) is 50.0 Å². The van der Waals surface area contributed by atoms with Crippen molar-refractivity contribution in [3.05, 3.63) is 18.2 Å². The third-order valence-corrected chi connectivity index (χ3v) is 3.21. The highest BCUT2D eigenvalue weighted by Gasteiger charge is 2.18. The van der Waals surface area contributed by atoms with Crippen LogP contribution in [-0.2, 0) is 9.59 Å². The van der Waals surface area contributed by atoms with Crippen molar-refractivity contribution >= 4 is 23.2 Å². The van der Waals surface area contributed by atoms with Crippen molar-refractivity contribution in [3.8, 4) is 5.75 Å². The zero-order chi connectivity index (χ0) is 15.2. The summed E-state index contributed by atoms with van der Waals surface area (Å²) in [6.45, 7) is 1.78. The van der Waals surface area contributed by atoms with E-state index in [2.05, 4.69) is 10.6 Å². The van der Waals surface area contributed by atoms with Gasteiger partial charge in [-0.05, 0) is 18.6 Å². The molecule has 1 aromatic carbocycles. The van der Waals surface area contributed by atoms with Gasteiger partial charge in [-0.2, -0.15) is 0 Å². The standard InChI is InChI=1S/C14H20N4O3/c1-21-12-7-10(15)3-4-11(12)17-14(20)9-18-6-2-5-16-13(19)8-18/h3-4,7H,2,5-6,8-9,15H2,1H3,(H,16,19)(H,17,20). The fourth-order valence-corrected chi connectivity index (χ4v) is 2.21. The molecule has 0 spiro atoms. The number of rotatable bonds is 4. The molecule has 21 heavy (non-hydrogen) atoms. The molecule has 0 atom stereocenters. The second-order valence-corrected chi connectivity index (χ2v) is 4.92. The van der Waals surface area contributed by atoms with Gasteiger partial charge in [0.05, 0.1) is 25.9 Å². The van der Waals surface area contributed by atoms with Gasteiger partial charge in [0.2, 0.25) is 11.8 Å². The molecule has 2 rings (SSSR count). The van der Waals surface area contributed by atoms with E-state index >= 15 is 0 Å². The van der Waals surface area contributed by atoms with E-state index in [4.69, 9.17) is 10.5 Å². The van der Waals surface area contributed by atoms with Crippen LogP contribution < -0.4 is 21.1 Å². The predicted octanol–water partition coefficient (Wildman–Crippen LogP) is 0.0378. The molecule has 0 aliphatic carbocycles. The maximum Gasteiger partial charge on any atom is 0.238 e. The van der Waals surface area contributed by atoms with Crippen molar-refractivity contribution in [1.82, 2.24) is 10.2 Å². The van der Waals surface area contributed by atoms with E-state index in [0.29, 0.717) is 30.2 Å². The summed E-state index contributed by atoms with van der Waals surface area (Å²) in [4.78, 5) is 25.4. The minimum absolute atomic E-state index is 0.0506. The number of ether oxygens (including phenoxy) is 1. The lowest BCUT2D eigenvalue weighted by molar-refractivity contribution is -0.122. The number of carbonyl (C=O) groups is 2. The van der Waals surface area contributed by atoms with Crippen LogP contribution >= 0.6 is 0 Å². The molecule has 7 heteroatoms. The first kappa shape index (κ1) is 15.1. The number of hydrogen-bond acceptors (Lipinski definition) is 5. The summed E-state index contributed by atoms with van der Waals surface area (Å²) in [5.41, 5.74) is 6.80. The molecular weight excluding hydrogens is 272 g/mol. The third kappa shape index (κ3) is 4.35. The van der Waals surface area contributed by atoms with Gasteiger partial charge in [-0.1, -0.05) is 0 Å². The number of nitrogens with one attached hydrogen (secondary N) is 2. The highest BCUT2D eigenvalue weighted by molar-refractivity contribution is 5.94. The Morgan fingerprint density at radius 2 is 2.33 bits per heavy atom. The van der Waals surface area contributed by atoms with E-state index in [-0.39, 0.29) is 24.9 Å². The third-order valence-electron chi connectivity index (χ3n) is 3.21. The summed E-state index contributed by atoms with van der Waals surface area (Å²) in [6, 6.07) is 5.04. The van der Waals surface area contributed by atoms with E-state index in [9.17, 15) is 9.59 Å². The van der Waals surface area contributed by atoms with Gasteiger partial charge in [-0.15, -0.1) is 0 Å². The number of nitrogen functional groups attached to an aromatic ring is 1. The lowest BCUT2D eigenvalue weighted by atomic mass is 10.2. The van der Waals surface area contributed by atoms with Crippen LogP contribution in [0.4, 0.5) is 11.4 Å². The van der Waals surface area contributed by atoms with Crippen LogP contribution in [0.3, 0.4) is 0 Å². The molecule has 1 aliphatic heterocycles. The molecule has 4 N–H and O–H groups in total. The van der Waals surface area contributed by atoms with E-state index in [0.717, 1.165) is 6.42 Å². The van der Waals surface area contributed by atoms with Gasteiger partial charge in [-0.25, -0.2) is 0 Å². The van der Waals surface area contributed by atoms with Crippen molar-refractivity contribution in [2.45, 2.75) is 6.42 Å². The molecule has 0 saturated carbocycles. The number of hydrogen-bond donors (Lipinski definition) is 3. The van der Waals surface area contributed by atoms with Crippen molar-refractivity contribution in [2.75, 3.05) is 44.3 Å². The number of benzene rings is 1. The molecule has 1 saturated heterocycles. The van der Waals surface area contributed by atoms with Gasteiger partial charge in [0, 0.05) is 24.8 Å². The summed E-state index contributed by atoms with van der Waals surface area (Å²) in [5, 5.41) is 5.55. The SMILES string of the molecule is COc1cc(N)ccc1NC(=O)CN1CCCNC(=O)C1. The van der Waals surface area contributed by atoms with Crippen molar-refractivity contribution in [2.24, 2.45) is 0 Å². The first-order valence-corrected chi connectivity index (χ1v) is 6.81. The maximum absolute atomic E-state index is 12.1. The molecule has 1 aliphatic rings. The first-order valence-electron chi connectivity index (χ1n) is 6.81. The molecule has 7 nitrogen and oxygen atoms in total. The van der Waals surface area contributed by atoms with Crippen LogP contribution in [0.15, 0.2) is 18.2 Å². The Morgan fingerprint density at radius 3 is 3.10 bits per heavy atom. The zero-order valence-electron chi connectivity index (χ0n) is 12.0. The smallest absolute Gasteiger partial charge is 0.238 e. The van der Waals surface area contributed by atoms with Crippen molar-refractivity contribution in [1.29, 1.82) is 0 Å². The molecule has 1 heterocycles. The van der Waals surface area contributed by atoms with Gasteiger partial charge < -0.3 is 21.1 Å². The summed E-state index contributed by atoms with van der Waals surface area (Å²) in [5.74, 6) is 0.273. The first-order chi connectivity index (χ1) is 10.1. The summed E-state index contributed by atoms with van der Waals surface area (Å²) >= 11 is 0. The predicted molar refractivity (Wildman–Crippen MR) is 80.1 cm³/mol. The Morgan fingerprint density at radius 1 is 1.52 bits per heavy atom. The second-order valence-electron chi connectivity index (χ2n) is 4.92. The van der Waals surface area contributed by atoms with E-state index in [1.165, 1.54) is 7.11 Å². The van der Waals surface area contributed by atoms with Gasteiger partial charge in [0.25, 0.3) is 0 Å². The topological polar surface area (TPSA) is 96.7 Å². The quantitative estimate of drug-likeness (QED) is 0.681. The minimum atomic E-state index is -0.187. The minimum Gasteiger partial charge on any atom is -0.494 e. The highest BCUT2D eigenvalue weighted by Crippen LogP contribution is 2.26. The lowest BCUT2D eigenvalue weighted by Crippen LogP contribution is -2.38. The summed E-state index contributed by atoms with van der Waals surface area (Å²) < 4.78 is 5.18. The molecular formula is C14H20N4O3. The monoisotopic (exact) mass is 292 g/mol. The number of methoxy groups -OCH3 is 1. The van der Waals surface area contributed by atoms with Gasteiger partial charge in [0.1, 0.15) is 5.75 Å². The maximum atomic E-state index is 12.1. The van der Waals surface area contributed by atoms with Crippen LogP contribution in [0.25, 0.3) is 0 Å². The Bertz CT molecular complexity index is 533. The summed E-state index contributed by atoms with van der Waals surface area (Å²) in [7, 11) is 1.52. The van der Waals surface area contributed by atoms with Crippen molar-refractivity contribution in [3.63, 3.8) is 0 Å². The normalized spacial score (nSPS) is 16.0. The molecule has 2 amide bonds. The largest absolute Gasteiger partial charge is 0.494 e. The number of nitrogens with two attached hydrogens (primary N) is 1. The van der Waals surface area contributed by atoms with Gasteiger partial charge in [0.15, 0.2) is 0 Å². The Labute approximate surface area is 123 Å². The van der Waals surface area contributed by atoms with E-state index in [1.807, 2.05) is 4.90 Å². The van der Waals surface area contributed by atoms with Gasteiger partial charge in [-0.3, -0.25) is 14.5 Å². The van der Waals surface area contributed by atoms with Crippen LogP contribution in [0.5, 0.6) is 5.75 Å². The Kier molecular flexibility index (Phi) is 4.99.